The molecule has 1 unspecified atom stereocenters. The molecule has 0 rings (SSSR count). The van der Waals surface area contributed by atoms with Crippen LogP contribution in [0.2, 0.25) is 0 Å². The number of carboxylic acid groups (broad SMARTS) is 1. The Balaban J connectivity index is 3.88. The summed E-state index contributed by atoms with van der Waals surface area (Å²) in [6.45, 7) is 3.88. The number of likely N-dealkylation sites (N-methyl/N-ethyl adjacent to an activating group) is 1. The van der Waals surface area contributed by atoms with Crippen molar-refractivity contribution < 1.29 is 9.90 Å². The number of carbonyl (C=O) groups is 1. The number of aliphatic carboxylic acids is 1. The molecule has 62 valence electrons. The molecule has 3 nitrogen and oxygen atoms in total. The van der Waals surface area contributed by atoms with Crippen molar-refractivity contribution >= 4 is 5.97 Å². The Hall–Kier alpha value is -1.01. The van der Waals surface area contributed by atoms with Gasteiger partial charge in [-0.1, -0.05) is 5.92 Å². The summed E-state index contributed by atoms with van der Waals surface area (Å²) in [4.78, 5) is 12.1. The Labute approximate surface area is 67.0 Å². The number of carboxylic acids is 1. The Morgan fingerprint density at radius 3 is 2.64 bits per heavy atom. The van der Waals surface area contributed by atoms with Crippen LogP contribution in [-0.2, 0) is 4.79 Å². The van der Waals surface area contributed by atoms with Gasteiger partial charge in [-0.3, -0.25) is 9.69 Å². The van der Waals surface area contributed by atoms with E-state index in [-0.39, 0.29) is 0 Å². The molecule has 0 saturated heterocycles. The van der Waals surface area contributed by atoms with Crippen LogP contribution >= 0.6 is 0 Å². The SMILES string of the molecule is CC#CCN(C)C(C)C(=O)O. The number of hydrogen-bond acceptors (Lipinski definition) is 2. The molecule has 0 aromatic heterocycles. The summed E-state index contributed by atoms with van der Waals surface area (Å²) >= 11 is 0. The highest BCUT2D eigenvalue weighted by atomic mass is 16.4. The van der Waals surface area contributed by atoms with Crippen molar-refractivity contribution in [3.05, 3.63) is 0 Å². The minimum absolute atomic E-state index is 0.462. The summed E-state index contributed by atoms with van der Waals surface area (Å²) in [6, 6.07) is -0.462. The van der Waals surface area contributed by atoms with Gasteiger partial charge in [0, 0.05) is 0 Å². The van der Waals surface area contributed by atoms with E-state index in [2.05, 4.69) is 11.8 Å². The Bertz CT molecular complexity index is 190. The molecular formula is C8H13NO2. The molecule has 1 N–H and O–H groups in total. The van der Waals surface area contributed by atoms with Crippen molar-refractivity contribution in [1.29, 1.82) is 0 Å². The molecule has 0 saturated carbocycles. The third-order valence-electron chi connectivity index (χ3n) is 1.52. The summed E-state index contributed by atoms with van der Waals surface area (Å²) in [5, 5.41) is 8.56. The fourth-order valence-electron chi connectivity index (χ4n) is 0.529. The van der Waals surface area contributed by atoms with Crippen molar-refractivity contribution in [2.24, 2.45) is 0 Å². The van der Waals surface area contributed by atoms with Gasteiger partial charge in [0.15, 0.2) is 0 Å². The summed E-state index contributed by atoms with van der Waals surface area (Å²) in [5.41, 5.74) is 0. The zero-order valence-electron chi connectivity index (χ0n) is 7.09. The molecule has 0 spiro atoms. The number of nitrogens with zero attached hydrogens (tertiary/aromatic N) is 1. The molecule has 11 heavy (non-hydrogen) atoms. The van der Waals surface area contributed by atoms with Gasteiger partial charge in [-0.25, -0.2) is 0 Å². The normalized spacial score (nSPS) is 12.0. The van der Waals surface area contributed by atoms with Crippen LogP contribution in [-0.4, -0.2) is 35.6 Å². The summed E-state index contributed by atoms with van der Waals surface area (Å²) in [5.74, 6) is 4.69. The standard InChI is InChI=1S/C8H13NO2/c1-4-5-6-9(3)7(2)8(10)11/h7H,6H2,1-3H3,(H,10,11). The maximum absolute atomic E-state index is 10.4. The third kappa shape index (κ3) is 3.64. The van der Waals surface area contributed by atoms with Gasteiger partial charge in [0.1, 0.15) is 6.04 Å². The average Bonchev–Trinajstić information content (AvgIpc) is 1.98. The van der Waals surface area contributed by atoms with Crippen molar-refractivity contribution in [1.82, 2.24) is 4.90 Å². The highest BCUT2D eigenvalue weighted by molar-refractivity contribution is 5.72. The fraction of sp³-hybridized carbons (Fsp3) is 0.625. The molecule has 0 fully saturated rings. The Morgan fingerprint density at radius 1 is 1.73 bits per heavy atom. The highest BCUT2D eigenvalue weighted by Crippen LogP contribution is 1.93. The van der Waals surface area contributed by atoms with Gasteiger partial charge in [0.2, 0.25) is 0 Å². The predicted octanol–water partition coefficient (Wildman–Crippen LogP) is 0.415. The highest BCUT2D eigenvalue weighted by Gasteiger charge is 2.14. The van der Waals surface area contributed by atoms with Crippen LogP contribution in [0.4, 0.5) is 0 Å². The van der Waals surface area contributed by atoms with E-state index in [0.29, 0.717) is 6.54 Å². The number of rotatable bonds is 3. The quantitative estimate of drug-likeness (QED) is 0.600. The lowest BCUT2D eigenvalue weighted by Crippen LogP contribution is -2.35. The Morgan fingerprint density at radius 2 is 2.27 bits per heavy atom. The lowest BCUT2D eigenvalue weighted by atomic mass is 10.3. The molecule has 0 bridgehead atoms. The fourth-order valence-corrected chi connectivity index (χ4v) is 0.529. The lowest BCUT2D eigenvalue weighted by Gasteiger charge is -2.17. The van der Waals surface area contributed by atoms with E-state index in [0.717, 1.165) is 0 Å². The minimum Gasteiger partial charge on any atom is -0.480 e. The monoisotopic (exact) mass is 155 g/mol. The predicted molar refractivity (Wildman–Crippen MR) is 43.2 cm³/mol. The molecule has 0 aromatic carbocycles. The van der Waals surface area contributed by atoms with Gasteiger partial charge in [-0.15, -0.1) is 5.92 Å². The maximum atomic E-state index is 10.4. The third-order valence-corrected chi connectivity index (χ3v) is 1.52. The van der Waals surface area contributed by atoms with Crippen LogP contribution in [0.15, 0.2) is 0 Å². The van der Waals surface area contributed by atoms with Crippen LogP contribution in [0.1, 0.15) is 13.8 Å². The minimum atomic E-state index is -0.814. The largest absolute Gasteiger partial charge is 0.480 e. The average molecular weight is 155 g/mol. The molecule has 0 radical (unpaired) electrons. The second kappa shape index (κ2) is 4.75. The first-order valence-corrected chi connectivity index (χ1v) is 3.42. The first-order valence-electron chi connectivity index (χ1n) is 3.42. The first-order chi connectivity index (χ1) is 5.09. The molecule has 0 aliphatic carbocycles. The van der Waals surface area contributed by atoms with E-state index < -0.39 is 12.0 Å². The Kier molecular flexibility index (Phi) is 4.32. The number of hydrogen-bond donors (Lipinski definition) is 1. The van der Waals surface area contributed by atoms with E-state index in [4.69, 9.17) is 5.11 Å². The topological polar surface area (TPSA) is 40.5 Å². The first kappa shape index (κ1) is 9.99. The zero-order chi connectivity index (χ0) is 8.85. The summed E-state index contributed by atoms with van der Waals surface area (Å²) < 4.78 is 0. The molecule has 0 aliphatic rings. The lowest BCUT2D eigenvalue weighted by molar-refractivity contribution is -0.141. The van der Waals surface area contributed by atoms with Crippen molar-refractivity contribution in [2.45, 2.75) is 19.9 Å². The molecule has 3 heteroatoms. The molecule has 0 aromatic rings. The molecule has 0 amide bonds. The van der Waals surface area contributed by atoms with Gasteiger partial charge in [-0.2, -0.15) is 0 Å². The van der Waals surface area contributed by atoms with Crippen molar-refractivity contribution in [2.75, 3.05) is 13.6 Å². The van der Waals surface area contributed by atoms with E-state index in [1.54, 1.807) is 25.8 Å². The molecule has 0 aliphatic heterocycles. The van der Waals surface area contributed by atoms with Crippen LogP contribution < -0.4 is 0 Å². The smallest absolute Gasteiger partial charge is 0.320 e. The maximum Gasteiger partial charge on any atom is 0.320 e. The van der Waals surface area contributed by atoms with Crippen LogP contribution in [0, 0.1) is 11.8 Å². The van der Waals surface area contributed by atoms with Gasteiger partial charge in [-0.05, 0) is 20.9 Å². The van der Waals surface area contributed by atoms with Gasteiger partial charge in [0.25, 0.3) is 0 Å². The zero-order valence-corrected chi connectivity index (χ0v) is 7.09. The molecule has 0 heterocycles. The van der Waals surface area contributed by atoms with Crippen molar-refractivity contribution in [3.8, 4) is 11.8 Å². The molecule has 1 atom stereocenters. The summed E-state index contributed by atoms with van der Waals surface area (Å²) in [6.07, 6.45) is 0. The van der Waals surface area contributed by atoms with E-state index in [1.165, 1.54) is 0 Å². The van der Waals surface area contributed by atoms with Crippen LogP contribution in [0.25, 0.3) is 0 Å². The second-order valence-electron chi connectivity index (χ2n) is 2.36. The van der Waals surface area contributed by atoms with E-state index in [1.807, 2.05) is 0 Å². The van der Waals surface area contributed by atoms with E-state index in [9.17, 15) is 4.79 Å². The summed E-state index contributed by atoms with van der Waals surface area (Å²) in [7, 11) is 1.74. The van der Waals surface area contributed by atoms with E-state index >= 15 is 0 Å². The van der Waals surface area contributed by atoms with Gasteiger partial charge in [0.05, 0.1) is 6.54 Å². The van der Waals surface area contributed by atoms with Gasteiger partial charge >= 0.3 is 5.97 Å². The van der Waals surface area contributed by atoms with Crippen LogP contribution in [0.3, 0.4) is 0 Å². The van der Waals surface area contributed by atoms with Crippen LogP contribution in [0.5, 0.6) is 0 Å². The second-order valence-corrected chi connectivity index (χ2v) is 2.36. The molecular weight excluding hydrogens is 142 g/mol. The van der Waals surface area contributed by atoms with Gasteiger partial charge < -0.3 is 5.11 Å². The van der Waals surface area contributed by atoms with Crippen molar-refractivity contribution in [3.63, 3.8) is 0 Å².